The molecule has 1 amide bonds. The lowest BCUT2D eigenvalue weighted by Crippen LogP contribution is -2.30. The van der Waals surface area contributed by atoms with Crippen molar-refractivity contribution in [2.45, 2.75) is 13.0 Å². The van der Waals surface area contributed by atoms with Crippen LogP contribution in [-0.4, -0.2) is 40.5 Å². The first-order chi connectivity index (χ1) is 11.2. The molecular formula is C17H20N4O2. The monoisotopic (exact) mass is 312 g/mol. The van der Waals surface area contributed by atoms with Crippen molar-refractivity contribution in [2.24, 2.45) is 5.92 Å². The molecule has 1 saturated heterocycles. The van der Waals surface area contributed by atoms with E-state index >= 15 is 0 Å². The summed E-state index contributed by atoms with van der Waals surface area (Å²) in [6.45, 7) is 2.62. The molecule has 0 spiro atoms. The van der Waals surface area contributed by atoms with E-state index in [9.17, 15) is 4.79 Å². The Kier molecular flexibility index (Phi) is 4.83. The van der Waals surface area contributed by atoms with Gasteiger partial charge in [-0.05, 0) is 12.0 Å². The molecule has 6 heteroatoms. The number of rotatable bonds is 5. The molecule has 1 fully saturated rings. The van der Waals surface area contributed by atoms with Gasteiger partial charge in [0.15, 0.2) is 11.5 Å². The Morgan fingerprint density at radius 3 is 2.83 bits per heavy atom. The second-order valence-electron chi connectivity index (χ2n) is 5.70. The maximum absolute atomic E-state index is 12.4. The van der Waals surface area contributed by atoms with Gasteiger partial charge in [0.25, 0.3) is 5.91 Å². The lowest BCUT2D eigenvalue weighted by Gasteiger charge is -2.16. The highest BCUT2D eigenvalue weighted by Gasteiger charge is 2.28. The third-order valence-electron chi connectivity index (χ3n) is 3.97. The predicted molar refractivity (Wildman–Crippen MR) is 86.6 cm³/mol. The van der Waals surface area contributed by atoms with Gasteiger partial charge >= 0.3 is 0 Å². The number of nitrogen functional groups attached to an aromatic ring is 1. The van der Waals surface area contributed by atoms with Gasteiger partial charge in [-0.25, -0.2) is 9.97 Å². The Bertz CT molecular complexity index is 663. The van der Waals surface area contributed by atoms with Gasteiger partial charge in [-0.2, -0.15) is 0 Å². The molecule has 3 rings (SSSR count). The fraction of sp³-hybridized carbons (Fsp3) is 0.353. The second kappa shape index (κ2) is 7.19. The average Bonchev–Trinajstić information content (AvgIpc) is 3.05. The van der Waals surface area contributed by atoms with Crippen LogP contribution in [0.5, 0.6) is 0 Å². The minimum absolute atomic E-state index is 0.152. The third kappa shape index (κ3) is 3.84. The van der Waals surface area contributed by atoms with Crippen LogP contribution in [0.4, 0.5) is 5.82 Å². The van der Waals surface area contributed by atoms with Crippen molar-refractivity contribution in [2.75, 3.05) is 25.4 Å². The van der Waals surface area contributed by atoms with Gasteiger partial charge in [-0.1, -0.05) is 30.3 Å². The molecule has 1 aromatic carbocycles. The molecule has 1 aliphatic heterocycles. The van der Waals surface area contributed by atoms with Crippen molar-refractivity contribution in [3.8, 4) is 0 Å². The number of aromatic nitrogens is 2. The topological polar surface area (TPSA) is 81.3 Å². The molecule has 23 heavy (non-hydrogen) atoms. The van der Waals surface area contributed by atoms with Crippen LogP contribution in [0.15, 0.2) is 42.7 Å². The molecule has 120 valence electrons. The number of hydrogen-bond donors (Lipinski definition) is 1. The number of hydrogen-bond acceptors (Lipinski definition) is 5. The van der Waals surface area contributed by atoms with Crippen molar-refractivity contribution in [3.05, 3.63) is 54.0 Å². The van der Waals surface area contributed by atoms with Crippen LogP contribution in [-0.2, 0) is 11.3 Å². The summed E-state index contributed by atoms with van der Waals surface area (Å²) in [7, 11) is 0. The summed E-state index contributed by atoms with van der Waals surface area (Å²) >= 11 is 0. The van der Waals surface area contributed by atoms with Crippen LogP contribution in [0.3, 0.4) is 0 Å². The molecule has 1 atom stereocenters. The van der Waals surface area contributed by atoms with E-state index in [1.807, 2.05) is 30.3 Å². The van der Waals surface area contributed by atoms with Gasteiger partial charge in [0, 0.05) is 31.4 Å². The first-order valence-corrected chi connectivity index (χ1v) is 7.71. The number of carbonyl (C=O) groups excluding carboxylic acids is 1. The van der Waals surface area contributed by atoms with Crippen molar-refractivity contribution >= 4 is 11.7 Å². The van der Waals surface area contributed by atoms with E-state index in [4.69, 9.17) is 10.5 Å². The molecule has 2 N–H and O–H groups in total. The summed E-state index contributed by atoms with van der Waals surface area (Å²) in [6, 6.07) is 10.1. The molecule has 1 aromatic heterocycles. The number of anilines is 1. The summed E-state index contributed by atoms with van der Waals surface area (Å²) in [6.07, 6.45) is 3.90. The lowest BCUT2D eigenvalue weighted by atomic mass is 10.1. The number of amides is 1. The second-order valence-corrected chi connectivity index (χ2v) is 5.70. The number of nitrogens with zero attached hydrogens (tertiary/aromatic N) is 3. The van der Waals surface area contributed by atoms with E-state index in [0.717, 1.165) is 12.0 Å². The Morgan fingerprint density at radius 1 is 1.26 bits per heavy atom. The quantitative estimate of drug-likeness (QED) is 0.909. The third-order valence-corrected chi connectivity index (χ3v) is 3.97. The molecule has 0 aliphatic carbocycles. The smallest absolute Gasteiger partial charge is 0.276 e. The highest BCUT2D eigenvalue weighted by molar-refractivity contribution is 5.96. The van der Waals surface area contributed by atoms with Gasteiger partial charge in [0.2, 0.25) is 0 Å². The molecule has 6 nitrogen and oxygen atoms in total. The zero-order valence-corrected chi connectivity index (χ0v) is 12.9. The molecule has 2 heterocycles. The highest BCUT2D eigenvalue weighted by atomic mass is 16.5. The zero-order chi connectivity index (χ0) is 16.1. The summed E-state index contributed by atoms with van der Waals surface area (Å²) in [5.74, 6) is 0.378. The summed E-state index contributed by atoms with van der Waals surface area (Å²) in [5, 5.41) is 0. The number of nitrogens with two attached hydrogens (primary N) is 1. The minimum atomic E-state index is -0.152. The van der Waals surface area contributed by atoms with Gasteiger partial charge in [-0.15, -0.1) is 0 Å². The molecule has 0 bridgehead atoms. The van der Waals surface area contributed by atoms with Crippen molar-refractivity contribution in [1.82, 2.24) is 14.9 Å². The van der Waals surface area contributed by atoms with Crippen molar-refractivity contribution < 1.29 is 9.53 Å². The molecular weight excluding hydrogens is 292 g/mol. The Morgan fingerprint density at radius 2 is 2.04 bits per heavy atom. The number of likely N-dealkylation sites (tertiary alicyclic amines) is 1. The maximum atomic E-state index is 12.4. The van der Waals surface area contributed by atoms with Crippen LogP contribution in [0.2, 0.25) is 0 Å². The Labute approximate surface area is 135 Å². The molecule has 2 aromatic rings. The molecule has 0 radical (unpaired) electrons. The maximum Gasteiger partial charge on any atom is 0.276 e. The van der Waals surface area contributed by atoms with Crippen LogP contribution >= 0.6 is 0 Å². The fourth-order valence-electron chi connectivity index (χ4n) is 2.73. The summed E-state index contributed by atoms with van der Waals surface area (Å²) < 4.78 is 5.77. The summed E-state index contributed by atoms with van der Waals surface area (Å²) in [5.41, 5.74) is 7.12. The van der Waals surface area contributed by atoms with Gasteiger partial charge in [0.1, 0.15) is 0 Å². The molecule has 1 aliphatic rings. The summed E-state index contributed by atoms with van der Waals surface area (Å²) in [4.78, 5) is 22.1. The fourth-order valence-corrected chi connectivity index (χ4v) is 2.73. The zero-order valence-electron chi connectivity index (χ0n) is 12.9. The Balaban J connectivity index is 1.49. The first-order valence-electron chi connectivity index (χ1n) is 7.71. The van der Waals surface area contributed by atoms with E-state index in [-0.39, 0.29) is 17.4 Å². The van der Waals surface area contributed by atoms with E-state index < -0.39 is 0 Å². The van der Waals surface area contributed by atoms with Gasteiger partial charge in [0.05, 0.1) is 13.2 Å². The van der Waals surface area contributed by atoms with Crippen molar-refractivity contribution in [1.29, 1.82) is 0 Å². The first kappa shape index (κ1) is 15.4. The average molecular weight is 312 g/mol. The van der Waals surface area contributed by atoms with Crippen LogP contribution in [0, 0.1) is 5.92 Å². The van der Waals surface area contributed by atoms with Gasteiger partial charge in [-0.3, -0.25) is 4.79 Å². The van der Waals surface area contributed by atoms with Gasteiger partial charge < -0.3 is 15.4 Å². The number of benzene rings is 1. The van der Waals surface area contributed by atoms with E-state index in [1.54, 1.807) is 4.90 Å². The Hall–Kier alpha value is -2.47. The highest BCUT2D eigenvalue weighted by Crippen LogP contribution is 2.20. The normalized spacial score (nSPS) is 17.4. The lowest BCUT2D eigenvalue weighted by molar-refractivity contribution is 0.0729. The van der Waals surface area contributed by atoms with Crippen LogP contribution < -0.4 is 5.73 Å². The van der Waals surface area contributed by atoms with E-state index in [1.165, 1.54) is 12.4 Å². The largest absolute Gasteiger partial charge is 0.382 e. The predicted octanol–water partition coefficient (Wildman–Crippen LogP) is 1.74. The molecule has 0 saturated carbocycles. The van der Waals surface area contributed by atoms with Crippen LogP contribution in [0.1, 0.15) is 22.5 Å². The van der Waals surface area contributed by atoms with E-state index in [2.05, 4.69) is 9.97 Å². The van der Waals surface area contributed by atoms with Crippen molar-refractivity contribution in [3.63, 3.8) is 0 Å². The standard InChI is InChI=1S/C17H20N4O2/c18-16-15(19-7-8-20-16)17(22)21-9-6-14(10-21)12-23-11-13-4-2-1-3-5-13/h1-5,7-8,14H,6,9-12H2,(H2,18,20). The number of carbonyl (C=O) groups is 1. The minimum Gasteiger partial charge on any atom is -0.382 e. The SMILES string of the molecule is Nc1nccnc1C(=O)N1CCC(COCc2ccccc2)C1. The van der Waals surface area contributed by atoms with Crippen LogP contribution in [0.25, 0.3) is 0 Å². The molecule has 1 unspecified atom stereocenters. The van der Waals surface area contributed by atoms with E-state index in [0.29, 0.717) is 32.2 Å². The number of ether oxygens (including phenoxy) is 1.